The van der Waals surface area contributed by atoms with E-state index in [0.29, 0.717) is 23.7 Å². The number of anilines is 1. The molecule has 3 N–H and O–H groups in total. The molecule has 0 amide bonds. The summed E-state index contributed by atoms with van der Waals surface area (Å²) in [4.78, 5) is 8.96. The SMILES string of the molecule is COc1ccc(OC)c(NC(N)=NCc2csc(-c3ccccc3)n2)c1. The molecule has 1 heterocycles. The molecule has 1 aromatic heterocycles. The third-order valence-electron chi connectivity index (χ3n) is 3.65. The van der Waals surface area contributed by atoms with Crippen LogP contribution in [0, 0.1) is 0 Å². The number of hydrogen-bond acceptors (Lipinski definition) is 5. The van der Waals surface area contributed by atoms with Gasteiger partial charge in [0.25, 0.3) is 0 Å². The molecule has 0 saturated carbocycles. The number of rotatable bonds is 6. The lowest BCUT2D eigenvalue weighted by molar-refractivity contribution is 0.405. The molecule has 0 aliphatic heterocycles. The Kier molecular flexibility index (Phi) is 5.70. The number of hydrogen-bond donors (Lipinski definition) is 2. The molecule has 0 aliphatic rings. The highest BCUT2D eigenvalue weighted by molar-refractivity contribution is 7.13. The highest BCUT2D eigenvalue weighted by Gasteiger charge is 2.07. The van der Waals surface area contributed by atoms with Crippen molar-refractivity contribution in [1.29, 1.82) is 0 Å². The summed E-state index contributed by atoms with van der Waals surface area (Å²) in [6.07, 6.45) is 0. The van der Waals surface area contributed by atoms with Crippen molar-refractivity contribution in [3.63, 3.8) is 0 Å². The van der Waals surface area contributed by atoms with Crippen molar-refractivity contribution in [3.05, 3.63) is 59.6 Å². The summed E-state index contributed by atoms with van der Waals surface area (Å²) in [6, 6.07) is 15.5. The first-order valence-electron chi connectivity index (χ1n) is 7.98. The quantitative estimate of drug-likeness (QED) is 0.511. The molecule has 0 unspecified atom stereocenters. The van der Waals surface area contributed by atoms with Gasteiger partial charge in [-0.1, -0.05) is 30.3 Å². The maximum absolute atomic E-state index is 6.00. The predicted molar refractivity (Wildman–Crippen MR) is 106 cm³/mol. The molecular formula is C19H20N4O2S. The largest absolute Gasteiger partial charge is 0.497 e. The Morgan fingerprint density at radius 3 is 2.69 bits per heavy atom. The van der Waals surface area contributed by atoms with E-state index < -0.39 is 0 Å². The fourth-order valence-corrected chi connectivity index (χ4v) is 3.17. The van der Waals surface area contributed by atoms with Crippen LogP contribution in [0.2, 0.25) is 0 Å². The maximum Gasteiger partial charge on any atom is 0.193 e. The molecule has 0 spiro atoms. The van der Waals surface area contributed by atoms with Crippen LogP contribution in [-0.4, -0.2) is 25.2 Å². The van der Waals surface area contributed by atoms with Crippen molar-refractivity contribution in [2.75, 3.05) is 19.5 Å². The lowest BCUT2D eigenvalue weighted by atomic mass is 10.2. The van der Waals surface area contributed by atoms with Crippen molar-refractivity contribution in [3.8, 4) is 22.1 Å². The minimum atomic E-state index is 0.283. The van der Waals surface area contributed by atoms with E-state index in [-0.39, 0.29) is 5.96 Å². The summed E-state index contributed by atoms with van der Waals surface area (Å²) in [5, 5.41) is 6.00. The number of guanidine groups is 1. The number of aliphatic imine (C=N–C) groups is 1. The topological polar surface area (TPSA) is 81.8 Å². The summed E-state index contributed by atoms with van der Waals surface area (Å²) in [6.45, 7) is 0.397. The Balaban J connectivity index is 1.69. The summed E-state index contributed by atoms with van der Waals surface area (Å²) >= 11 is 1.59. The van der Waals surface area contributed by atoms with Crippen molar-refractivity contribution in [2.24, 2.45) is 10.7 Å². The molecule has 134 valence electrons. The first kappa shape index (κ1) is 17.8. The molecule has 0 fully saturated rings. The third-order valence-corrected chi connectivity index (χ3v) is 4.59. The Morgan fingerprint density at radius 2 is 1.96 bits per heavy atom. The molecule has 0 radical (unpaired) electrons. The monoisotopic (exact) mass is 368 g/mol. The van der Waals surface area contributed by atoms with E-state index in [1.54, 1.807) is 37.7 Å². The molecule has 26 heavy (non-hydrogen) atoms. The highest BCUT2D eigenvalue weighted by Crippen LogP contribution is 2.28. The summed E-state index contributed by atoms with van der Waals surface area (Å²) in [7, 11) is 3.20. The van der Waals surface area contributed by atoms with E-state index in [1.165, 1.54) is 0 Å². The predicted octanol–water partition coefficient (Wildman–Crippen LogP) is 3.75. The van der Waals surface area contributed by atoms with Crippen LogP contribution < -0.4 is 20.5 Å². The van der Waals surface area contributed by atoms with E-state index in [2.05, 4.69) is 15.3 Å². The number of aromatic nitrogens is 1. The lowest BCUT2D eigenvalue weighted by Gasteiger charge is -2.12. The molecule has 2 aromatic carbocycles. The molecule has 3 rings (SSSR count). The minimum absolute atomic E-state index is 0.283. The summed E-state index contributed by atoms with van der Waals surface area (Å²) < 4.78 is 10.5. The van der Waals surface area contributed by atoms with Gasteiger partial charge in [0.2, 0.25) is 0 Å². The number of methoxy groups -OCH3 is 2. The molecule has 0 bridgehead atoms. The zero-order chi connectivity index (χ0) is 18.4. The van der Waals surface area contributed by atoms with Gasteiger partial charge in [0.1, 0.15) is 16.5 Å². The second-order valence-corrected chi connectivity index (χ2v) is 6.26. The van der Waals surface area contributed by atoms with Crippen LogP contribution in [0.4, 0.5) is 5.69 Å². The van der Waals surface area contributed by atoms with Crippen LogP contribution in [0.1, 0.15) is 5.69 Å². The number of nitrogens with one attached hydrogen (secondary N) is 1. The van der Waals surface area contributed by atoms with Crippen LogP contribution in [0.15, 0.2) is 58.9 Å². The van der Waals surface area contributed by atoms with Crippen LogP contribution in [0.3, 0.4) is 0 Å². The zero-order valence-corrected chi connectivity index (χ0v) is 15.4. The van der Waals surface area contributed by atoms with Crippen LogP contribution >= 0.6 is 11.3 Å². The van der Waals surface area contributed by atoms with Gasteiger partial charge >= 0.3 is 0 Å². The average molecular weight is 368 g/mol. The average Bonchev–Trinajstić information content (AvgIpc) is 3.16. The number of benzene rings is 2. The second-order valence-electron chi connectivity index (χ2n) is 5.40. The van der Waals surface area contributed by atoms with Crippen molar-refractivity contribution in [1.82, 2.24) is 4.98 Å². The van der Waals surface area contributed by atoms with Gasteiger partial charge in [0.15, 0.2) is 5.96 Å². The van der Waals surface area contributed by atoms with E-state index in [9.17, 15) is 0 Å². The van der Waals surface area contributed by atoms with Crippen LogP contribution in [-0.2, 0) is 6.54 Å². The summed E-state index contributed by atoms with van der Waals surface area (Å²) in [5.74, 6) is 1.64. The van der Waals surface area contributed by atoms with Gasteiger partial charge in [-0.05, 0) is 12.1 Å². The van der Waals surface area contributed by atoms with Gasteiger partial charge in [-0.15, -0.1) is 11.3 Å². The molecule has 6 nitrogen and oxygen atoms in total. The molecule has 0 atom stereocenters. The van der Waals surface area contributed by atoms with E-state index >= 15 is 0 Å². The third kappa shape index (κ3) is 4.31. The fraction of sp³-hybridized carbons (Fsp3) is 0.158. The van der Waals surface area contributed by atoms with E-state index in [0.717, 1.165) is 16.3 Å². The zero-order valence-electron chi connectivity index (χ0n) is 14.6. The number of nitrogens with zero attached hydrogens (tertiary/aromatic N) is 2. The Morgan fingerprint density at radius 1 is 1.15 bits per heavy atom. The van der Waals surface area contributed by atoms with E-state index in [1.807, 2.05) is 41.8 Å². The molecule has 0 saturated heterocycles. The maximum atomic E-state index is 6.00. The van der Waals surface area contributed by atoms with Gasteiger partial charge in [0, 0.05) is 17.0 Å². The van der Waals surface area contributed by atoms with Gasteiger partial charge in [-0.3, -0.25) is 0 Å². The first-order valence-corrected chi connectivity index (χ1v) is 8.86. The smallest absolute Gasteiger partial charge is 0.193 e. The number of thiazole rings is 1. The Labute approximate surface area is 156 Å². The standard InChI is InChI=1S/C19H20N4O2S/c1-24-15-8-9-17(25-2)16(10-15)23-19(20)21-11-14-12-26-18(22-14)13-6-4-3-5-7-13/h3-10,12H,11H2,1-2H3,(H3,20,21,23). The number of nitrogens with two attached hydrogens (primary N) is 1. The number of ether oxygens (including phenoxy) is 2. The van der Waals surface area contributed by atoms with Gasteiger partial charge in [0.05, 0.1) is 32.1 Å². The van der Waals surface area contributed by atoms with Gasteiger partial charge < -0.3 is 20.5 Å². The van der Waals surface area contributed by atoms with Crippen LogP contribution in [0.25, 0.3) is 10.6 Å². The lowest BCUT2D eigenvalue weighted by Crippen LogP contribution is -2.23. The first-order chi connectivity index (χ1) is 12.7. The van der Waals surface area contributed by atoms with Crippen molar-refractivity contribution >= 4 is 23.0 Å². The van der Waals surface area contributed by atoms with Gasteiger partial charge in [-0.25, -0.2) is 9.98 Å². The normalized spacial score (nSPS) is 11.2. The minimum Gasteiger partial charge on any atom is -0.497 e. The molecule has 7 heteroatoms. The molecule has 0 aliphatic carbocycles. The fourth-order valence-electron chi connectivity index (χ4n) is 2.35. The van der Waals surface area contributed by atoms with Crippen LogP contribution in [0.5, 0.6) is 11.5 Å². The van der Waals surface area contributed by atoms with Crippen molar-refractivity contribution < 1.29 is 9.47 Å². The molecular weight excluding hydrogens is 348 g/mol. The Bertz CT molecular complexity index is 894. The second kappa shape index (κ2) is 8.35. The Hall–Kier alpha value is -3.06. The van der Waals surface area contributed by atoms with Gasteiger partial charge in [-0.2, -0.15) is 0 Å². The molecule has 3 aromatic rings. The summed E-state index contributed by atoms with van der Waals surface area (Å²) in [5.41, 5.74) is 8.66. The van der Waals surface area contributed by atoms with Crippen molar-refractivity contribution in [2.45, 2.75) is 6.54 Å². The highest BCUT2D eigenvalue weighted by atomic mass is 32.1. The van der Waals surface area contributed by atoms with E-state index in [4.69, 9.17) is 15.2 Å².